The number of rotatable bonds is 6. The second kappa shape index (κ2) is 10.0. The topological polar surface area (TPSA) is 92.5 Å². The van der Waals surface area contributed by atoms with Crippen molar-refractivity contribution < 1.29 is 23.8 Å². The Hall–Kier alpha value is -4.46. The maximum atomic E-state index is 13.1. The van der Waals surface area contributed by atoms with Gasteiger partial charge in [-0.3, -0.25) is 9.59 Å². The lowest BCUT2D eigenvalue weighted by Crippen LogP contribution is -2.50. The number of anilines is 1. The number of benzene rings is 3. The molecule has 1 fully saturated rings. The highest BCUT2D eigenvalue weighted by atomic mass is 16.5. The number of hydrogen-bond donors (Lipinski definition) is 1. The summed E-state index contributed by atoms with van der Waals surface area (Å²) in [7, 11) is 1.57. The van der Waals surface area contributed by atoms with Gasteiger partial charge in [0.15, 0.2) is 6.61 Å². The van der Waals surface area contributed by atoms with Crippen molar-refractivity contribution in [1.29, 1.82) is 0 Å². The van der Waals surface area contributed by atoms with Gasteiger partial charge in [0.25, 0.3) is 5.91 Å². The lowest BCUT2D eigenvalue weighted by Gasteiger charge is -2.36. The molecule has 1 saturated heterocycles. The summed E-state index contributed by atoms with van der Waals surface area (Å²) in [5, 5.41) is 10.6. The molecule has 0 unspecified atom stereocenters. The second-order valence-corrected chi connectivity index (χ2v) is 8.51. The molecule has 8 nitrogen and oxygen atoms in total. The Labute approximate surface area is 207 Å². The molecule has 1 N–H and O–H groups in total. The molecule has 184 valence electrons. The summed E-state index contributed by atoms with van der Waals surface area (Å²) in [6.45, 7) is 2.51. The Morgan fingerprint density at radius 2 is 1.69 bits per heavy atom. The first kappa shape index (κ1) is 23.3. The number of aromatic hydroxyl groups is 1. The molecule has 3 aromatic carbocycles. The number of amides is 1. The molecule has 0 atom stereocenters. The van der Waals surface area contributed by atoms with Gasteiger partial charge in [-0.05, 0) is 29.8 Å². The Kier molecular flexibility index (Phi) is 6.49. The Morgan fingerprint density at radius 1 is 0.972 bits per heavy atom. The lowest BCUT2D eigenvalue weighted by molar-refractivity contribution is -0.133. The fourth-order valence-corrected chi connectivity index (χ4v) is 4.35. The first-order valence-electron chi connectivity index (χ1n) is 11.7. The monoisotopic (exact) mass is 486 g/mol. The predicted octanol–water partition coefficient (Wildman–Crippen LogP) is 3.90. The third-order valence-electron chi connectivity index (χ3n) is 6.35. The summed E-state index contributed by atoms with van der Waals surface area (Å²) in [6, 6.07) is 19.9. The van der Waals surface area contributed by atoms with Gasteiger partial charge in [0.2, 0.25) is 5.43 Å². The Bertz CT molecular complexity index is 1420. The highest BCUT2D eigenvalue weighted by Gasteiger charge is 2.22. The van der Waals surface area contributed by atoms with E-state index in [1.165, 1.54) is 18.4 Å². The van der Waals surface area contributed by atoms with Gasteiger partial charge in [0, 0.05) is 44.0 Å². The molecule has 0 bridgehead atoms. The van der Waals surface area contributed by atoms with Crippen LogP contribution >= 0.6 is 0 Å². The van der Waals surface area contributed by atoms with Crippen molar-refractivity contribution in [2.24, 2.45) is 0 Å². The molecule has 1 aliphatic heterocycles. The quantitative estimate of drug-likeness (QED) is 0.442. The number of fused-ring (bicyclic) bond motifs is 1. The summed E-state index contributed by atoms with van der Waals surface area (Å²) in [4.78, 5) is 29.8. The fourth-order valence-electron chi connectivity index (χ4n) is 4.35. The van der Waals surface area contributed by atoms with Crippen LogP contribution in [0.25, 0.3) is 22.1 Å². The molecule has 1 amide bonds. The van der Waals surface area contributed by atoms with E-state index in [0.717, 1.165) is 18.8 Å². The maximum absolute atomic E-state index is 13.1. The minimum atomic E-state index is -0.363. The third kappa shape index (κ3) is 4.70. The van der Waals surface area contributed by atoms with Gasteiger partial charge < -0.3 is 28.8 Å². The number of nitrogens with zero attached hydrogens (tertiary/aromatic N) is 2. The van der Waals surface area contributed by atoms with Gasteiger partial charge in [0.1, 0.15) is 34.5 Å². The van der Waals surface area contributed by atoms with Gasteiger partial charge in [-0.2, -0.15) is 0 Å². The highest BCUT2D eigenvalue weighted by molar-refractivity contribution is 5.88. The van der Waals surface area contributed by atoms with E-state index in [0.29, 0.717) is 30.0 Å². The van der Waals surface area contributed by atoms with Gasteiger partial charge in [0.05, 0.1) is 12.7 Å². The maximum Gasteiger partial charge on any atom is 0.260 e. The first-order valence-corrected chi connectivity index (χ1v) is 11.7. The van der Waals surface area contributed by atoms with Crippen molar-refractivity contribution >= 4 is 22.6 Å². The van der Waals surface area contributed by atoms with Crippen molar-refractivity contribution in [3.05, 3.63) is 83.2 Å². The minimum Gasteiger partial charge on any atom is -0.507 e. The van der Waals surface area contributed by atoms with E-state index < -0.39 is 0 Å². The van der Waals surface area contributed by atoms with Crippen LogP contribution in [0.3, 0.4) is 0 Å². The molecule has 0 aliphatic carbocycles. The molecule has 2 heterocycles. The summed E-state index contributed by atoms with van der Waals surface area (Å²) < 4.78 is 16.5. The molecule has 0 saturated carbocycles. The number of para-hydroxylation sites is 1. The highest BCUT2D eigenvalue weighted by Crippen LogP contribution is 2.31. The number of ether oxygens (including phenoxy) is 2. The van der Waals surface area contributed by atoms with Crippen LogP contribution in [0, 0.1) is 0 Å². The number of piperazine rings is 1. The molecule has 0 radical (unpaired) electrons. The zero-order valence-corrected chi connectivity index (χ0v) is 19.8. The normalized spacial score (nSPS) is 13.6. The second-order valence-electron chi connectivity index (χ2n) is 8.51. The lowest BCUT2D eigenvalue weighted by atomic mass is 10.0. The van der Waals surface area contributed by atoms with Gasteiger partial charge in [-0.25, -0.2) is 0 Å². The number of phenols is 1. The van der Waals surface area contributed by atoms with Crippen molar-refractivity contribution in [2.75, 3.05) is 44.8 Å². The van der Waals surface area contributed by atoms with E-state index >= 15 is 0 Å². The zero-order valence-electron chi connectivity index (χ0n) is 19.8. The van der Waals surface area contributed by atoms with Crippen molar-refractivity contribution in [3.63, 3.8) is 0 Å². The molecule has 0 spiro atoms. The van der Waals surface area contributed by atoms with E-state index in [-0.39, 0.29) is 40.4 Å². The van der Waals surface area contributed by atoms with Gasteiger partial charge in [-0.1, -0.05) is 30.3 Å². The van der Waals surface area contributed by atoms with Crippen molar-refractivity contribution in [1.82, 2.24) is 4.90 Å². The van der Waals surface area contributed by atoms with Crippen LogP contribution < -0.4 is 19.8 Å². The predicted molar refractivity (Wildman–Crippen MR) is 137 cm³/mol. The van der Waals surface area contributed by atoms with E-state index in [2.05, 4.69) is 17.0 Å². The zero-order chi connectivity index (χ0) is 25.1. The third-order valence-corrected chi connectivity index (χ3v) is 6.35. The Morgan fingerprint density at radius 3 is 2.39 bits per heavy atom. The van der Waals surface area contributed by atoms with Gasteiger partial charge >= 0.3 is 0 Å². The molecular formula is C28H26N2O6. The molecule has 1 aromatic heterocycles. The van der Waals surface area contributed by atoms with E-state index in [1.807, 2.05) is 18.2 Å². The molecule has 1 aliphatic rings. The molecule has 8 heteroatoms. The summed E-state index contributed by atoms with van der Waals surface area (Å²) >= 11 is 0. The van der Waals surface area contributed by atoms with E-state index in [4.69, 9.17) is 13.9 Å². The van der Waals surface area contributed by atoms with Crippen LogP contribution in [-0.2, 0) is 4.79 Å². The Balaban J connectivity index is 1.26. The average Bonchev–Trinajstić information content (AvgIpc) is 2.92. The number of hydrogen-bond acceptors (Lipinski definition) is 7. The average molecular weight is 487 g/mol. The molecule has 36 heavy (non-hydrogen) atoms. The van der Waals surface area contributed by atoms with Crippen LogP contribution in [0.4, 0.5) is 5.69 Å². The molecular weight excluding hydrogens is 460 g/mol. The largest absolute Gasteiger partial charge is 0.507 e. The standard InChI is InChI=1S/C28H26N2O6/c1-34-21-9-7-19(8-10-21)23-17-36-25-16-22(15-24(31)27(25)28(23)33)35-18-26(32)30-13-11-29(12-14-30)20-5-3-2-4-6-20/h2-10,15-17,31H,11-14,18H2,1H3. The van der Waals surface area contributed by atoms with Crippen LogP contribution in [0.2, 0.25) is 0 Å². The number of phenolic OH excluding ortho intramolecular Hbond substituents is 1. The fraction of sp³-hybridized carbons (Fsp3) is 0.214. The smallest absolute Gasteiger partial charge is 0.260 e. The van der Waals surface area contributed by atoms with Gasteiger partial charge in [-0.15, -0.1) is 0 Å². The SMILES string of the molecule is COc1ccc(-c2coc3cc(OCC(=O)N4CCN(c5ccccc5)CC4)cc(O)c3c2=O)cc1. The number of methoxy groups -OCH3 is 1. The number of carbonyl (C=O) groups is 1. The molecule has 4 aromatic rings. The van der Waals surface area contributed by atoms with Crippen LogP contribution in [0.1, 0.15) is 0 Å². The van der Waals surface area contributed by atoms with E-state index in [9.17, 15) is 14.7 Å². The van der Waals surface area contributed by atoms with Crippen LogP contribution in [-0.4, -0.2) is 55.8 Å². The summed E-state index contributed by atoms with van der Waals surface area (Å²) in [5.41, 5.74) is 1.92. The van der Waals surface area contributed by atoms with Crippen molar-refractivity contribution in [3.8, 4) is 28.4 Å². The number of carbonyl (C=O) groups excluding carboxylic acids is 1. The summed E-state index contributed by atoms with van der Waals surface area (Å²) in [5.74, 6) is 0.506. The molecule has 5 rings (SSSR count). The minimum absolute atomic E-state index is 0.0547. The van der Waals surface area contributed by atoms with Crippen LogP contribution in [0.5, 0.6) is 17.2 Å². The first-order chi connectivity index (χ1) is 17.5. The van der Waals surface area contributed by atoms with Crippen LogP contribution in [0.15, 0.2) is 82.2 Å². The van der Waals surface area contributed by atoms with E-state index in [1.54, 1.807) is 36.3 Å². The summed E-state index contributed by atoms with van der Waals surface area (Å²) in [6.07, 6.45) is 1.35. The van der Waals surface area contributed by atoms with Crippen molar-refractivity contribution in [2.45, 2.75) is 0 Å².